The van der Waals surface area contributed by atoms with Gasteiger partial charge < -0.3 is 5.11 Å². The standard InChI is InChI=1S/C9H6IN3O2/c10-7-1-2-8(11-4-7)13-5-6(3-12-13)9(14)15/h1-5H,(H,14,15). The van der Waals surface area contributed by atoms with Crippen molar-refractivity contribution in [2.75, 3.05) is 0 Å². The van der Waals surface area contributed by atoms with E-state index in [-0.39, 0.29) is 5.56 Å². The minimum absolute atomic E-state index is 0.148. The van der Waals surface area contributed by atoms with Gasteiger partial charge in [-0.1, -0.05) is 0 Å². The van der Waals surface area contributed by atoms with Crippen molar-refractivity contribution in [3.63, 3.8) is 0 Å². The summed E-state index contributed by atoms with van der Waals surface area (Å²) in [6, 6.07) is 3.66. The van der Waals surface area contributed by atoms with Crippen LogP contribution in [0.1, 0.15) is 10.4 Å². The van der Waals surface area contributed by atoms with Crippen molar-refractivity contribution in [2.45, 2.75) is 0 Å². The van der Waals surface area contributed by atoms with Gasteiger partial charge in [-0.3, -0.25) is 0 Å². The van der Waals surface area contributed by atoms with Gasteiger partial charge in [-0.2, -0.15) is 5.10 Å². The van der Waals surface area contributed by atoms with E-state index in [9.17, 15) is 4.79 Å². The fraction of sp³-hybridized carbons (Fsp3) is 0. The molecule has 0 aliphatic heterocycles. The lowest BCUT2D eigenvalue weighted by atomic mass is 10.4. The van der Waals surface area contributed by atoms with Crippen LogP contribution in [0.2, 0.25) is 0 Å². The van der Waals surface area contributed by atoms with E-state index in [0.29, 0.717) is 5.82 Å². The Morgan fingerprint density at radius 3 is 2.73 bits per heavy atom. The van der Waals surface area contributed by atoms with E-state index in [1.54, 1.807) is 12.3 Å². The lowest BCUT2D eigenvalue weighted by Gasteiger charge is -1.98. The molecule has 0 amide bonds. The van der Waals surface area contributed by atoms with Crippen molar-refractivity contribution in [1.82, 2.24) is 14.8 Å². The topological polar surface area (TPSA) is 68.0 Å². The first kappa shape index (κ1) is 10.1. The van der Waals surface area contributed by atoms with Gasteiger partial charge in [-0.25, -0.2) is 14.5 Å². The monoisotopic (exact) mass is 315 g/mol. The average molecular weight is 315 g/mol. The van der Waals surface area contributed by atoms with Crippen LogP contribution >= 0.6 is 22.6 Å². The molecule has 6 heteroatoms. The summed E-state index contributed by atoms with van der Waals surface area (Å²) in [4.78, 5) is 14.7. The third-order valence-electron chi connectivity index (χ3n) is 1.78. The number of halogens is 1. The summed E-state index contributed by atoms with van der Waals surface area (Å²) in [5, 5.41) is 12.6. The summed E-state index contributed by atoms with van der Waals surface area (Å²) in [7, 11) is 0. The molecule has 2 aromatic heterocycles. The van der Waals surface area contributed by atoms with Crippen LogP contribution in [0.5, 0.6) is 0 Å². The van der Waals surface area contributed by atoms with Gasteiger partial charge >= 0.3 is 5.97 Å². The Labute approximate surface area is 98.9 Å². The van der Waals surface area contributed by atoms with Gasteiger partial charge in [-0.15, -0.1) is 0 Å². The smallest absolute Gasteiger partial charge is 0.338 e. The van der Waals surface area contributed by atoms with Crippen molar-refractivity contribution in [3.05, 3.63) is 39.9 Å². The molecule has 0 bridgehead atoms. The van der Waals surface area contributed by atoms with Gasteiger partial charge in [0, 0.05) is 16.0 Å². The lowest BCUT2D eigenvalue weighted by molar-refractivity contribution is 0.0697. The van der Waals surface area contributed by atoms with Gasteiger partial charge in [0.25, 0.3) is 0 Å². The fourth-order valence-corrected chi connectivity index (χ4v) is 1.38. The Kier molecular flexibility index (Phi) is 2.67. The molecule has 2 rings (SSSR count). The fourth-order valence-electron chi connectivity index (χ4n) is 1.06. The van der Waals surface area contributed by atoms with Crippen LogP contribution < -0.4 is 0 Å². The predicted octanol–water partition coefficient (Wildman–Crippen LogP) is 1.57. The van der Waals surface area contributed by atoms with E-state index in [1.807, 2.05) is 6.07 Å². The number of carboxylic acids is 1. The first-order valence-corrected chi connectivity index (χ1v) is 5.14. The molecular weight excluding hydrogens is 309 g/mol. The largest absolute Gasteiger partial charge is 0.478 e. The molecule has 0 radical (unpaired) electrons. The van der Waals surface area contributed by atoms with E-state index >= 15 is 0 Å². The van der Waals surface area contributed by atoms with Crippen molar-refractivity contribution >= 4 is 28.6 Å². The van der Waals surface area contributed by atoms with Crippen LogP contribution in [0.25, 0.3) is 5.82 Å². The Balaban J connectivity index is 2.37. The van der Waals surface area contributed by atoms with Gasteiger partial charge in [-0.05, 0) is 34.7 Å². The molecule has 0 unspecified atom stereocenters. The van der Waals surface area contributed by atoms with E-state index in [2.05, 4.69) is 32.7 Å². The number of nitrogens with zero attached hydrogens (tertiary/aromatic N) is 3. The summed E-state index contributed by atoms with van der Waals surface area (Å²) in [6.45, 7) is 0. The van der Waals surface area contributed by atoms with Gasteiger partial charge in [0.05, 0.1) is 11.8 Å². The van der Waals surface area contributed by atoms with Gasteiger partial charge in [0.15, 0.2) is 5.82 Å². The zero-order valence-corrected chi connectivity index (χ0v) is 9.62. The molecule has 0 atom stereocenters. The zero-order chi connectivity index (χ0) is 10.8. The normalized spacial score (nSPS) is 10.2. The molecule has 0 aliphatic carbocycles. The SMILES string of the molecule is O=C(O)c1cnn(-c2ccc(I)cn2)c1. The van der Waals surface area contributed by atoms with Crippen LogP contribution in [0.15, 0.2) is 30.7 Å². The van der Waals surface area contributed by atoms with Gasteiger partial charge in [0.2, 0.25) is 0 Å². The maximum absolute atomic E-state index is 10.6. The molecular formula is C9H6IN3O2. The minimum atomic E-state index is -0.994. The number of pyridine rings is 1. The number of aromatic nitrogens is 3. The molecule has 0 aliphatic rings. The predicted molar refractivity (Wildman–Crippen MR) is 61.0 cm³/mol. The van der Waals surface area contributed by atoms with E-state index in [1.165, 1.54) is 17.1 Å². The highest BCUT2D eigenvalue weighted by Crippen LogP contribution is 2.08. The summed E-state index contributed by atoms with van der Waals surface area (Å²) in [5.74, 6) is -0.394. The zero-order valence-electron chi connectivity index (χ0n) is 7.46. The molecule has 2 aromatic rings. The van der Waals surface area contributed by atoms with E-state index in [4.69, 9.17) is 5.11 Å². The molecule has 0 fully saturated rings. The Morgan fingerprint density at radius 1 is 1.40 bits per heavy atom. The van der Waals surface area contributed by atoms with Crippen LogP contribution in [-0.4, -0.2) is 25.8 Å². The highest BCUT2D eigenvalue weighted by atomic mass is 127. The maximum Gasteiger partial charge on any atom is 0.338 e. The van der Waals surface area contributed by atoms with Crippen molar-refractivity contribution in [3.8, 4) is 5.82 Å². The van der Waals surface area contributed by atoms with Crippen LogP contribution in [0, 0.1) is 3.57 Å². The van der Waals surface area contributed by atoms with Crippen LogP contribution in [-0.2, 0) is 0 Å². The van der Waals surface area contributed by atoms with Crippen LogP contribution in [0.4, 0.5) is 0 Å². The van der Waals surface area contributed by atoms with Crippen molar-refractivity contribution in [2.24, 2.45) is 0 Å². The summed E-state index contributed by atoms with van der Waals surface area (Å²) < 4.78 is 2.45. The molecule has 0 aromatic carbocycles. The highest BCUT2D eigenvalue weighted by Gasteiger charge is 2.07. The number of carbonyl (C=O) groups is 1. The molecule has 76 valence electrons. The third-order valence-corrected chi connectivity index (χ3v) is 2.41. The number of hydrogen-bond donors (Lipinski definition) is 1. The van der Waals surface area contributed by atoms with Crippen LogP contribution in [0.3, 0.4) is 0 Å². The summed E-state index contributed by atoms with van der Waals surface area (Å²) >= 11 is 2.15. The number of carboxylic acid groups (broad SMARTS) is 1. The molecule has 2 heterocycles. The number of hydrogen-bond acceptors (Lipinski definition) is 3. The number of aromatic carboxylic acids is 1. The summed E-state index contributed by atoms with van der Waals surface area (Å²) in [6.07, 6.45) is 4.41. The molecule has 0 saturated carbocycles. The maximum atomic E-state index is 10.6. The highest BCUT2D eigenvalue weighted by molar-refractivity contribution is 14.1. The second kappa shape index (κ2) is 3.97. The molecule has 0 saturated heterocycles. The first-order chi connectivity index (χ1) is 7.16. The molecule has 5 nitrogen and oxygen atoms in total. The van der Waals surface area contributed by atoms with E-state index in [0.717, 1.165) is 3.57 Å². The first-order valence-electron chi connectivity index (χ1n) is 4.07. The third kappa shape index (κ3) is 2.14. The molecule has 1 N–H and O–H groups in total. The lowest BCUT2D eigenvalue weighted by Crippen LogP contribution is -1.98. The second-order valence-corrected chi connectivity index (χ2v) is 4.06. The molecule has 15 heavy (non-hydrogen) atoms. The quantitative estimate of drug-likeness (QED) is 0.854. The second-order valence-electron chi connectivity index (χ2n) is 2.81. The Morgan fingerprint density at radius 2 is 2.20 bits per heavy atom. The molecule has 0 spiro atoms. The minimum Gasteiger partial charge on any atom is -0.478 e. The number of rotatable bonds is 2. The van der Waals surface area contributed by atoms with Crippen molar-refractivity contribution in [1.29, 1.82) is 0 Å². The van der Waals surface area contributed by atoms with Crippen molar-refractivity contribution < 1.29 is 9.90 Å². The van der Waals surface area contributed by atoms with Gasteiger partial charge in [0.1, 0.15) is 0 Å². The Bertz CT molecular complexity index is 492. The Hall–Kier alpha value is -1.44. The average Bonchev–Trinajstić information content (AvgIpc) is 2.68. The van der Waals surface area contributed by atoms with E-state index < -0.39 is 5.97 Å². The summed E-state index contributed by atoms with van der Waals surface area (Å²) in [5.41, 5.74) is 0.148.